The van der Waals surface area contributed by atoms with Gasteiger partial charge in [-0.25, -0.2) is 13.2 Å². The summed E-state index contributed by atoms with van der Waals surface area (Å²) in [6.07, 6.45) is 9.99. The predicted molar refractivity (Wildman–Crippen MR) is 127 cm³/mol. The number of hydrogen-bond acceptors (Lipinski definition) is 2. The summed E-state index contributed by atoms with van der Waals surface area (Å²) in [6, 6.07) is 3.00. The minimum atomic E-state index is -1.20. The van der Waals surface area contributed by atoms with Crippen LogP contribution in [0.2, 0.25) is 0 Å². The Bertz CT molecular complexity index is 1150. The number of allylic oxidation sites excluding steroid dienone is 2. The highest BCUT2D eigenvalue weighted by atomic mass is 19.2. The maximum absolute atomic E-state index is 15.3. The van der Waals surface area contributed by atoms with Crippen molar-refractivity contribution in [2.75, 3.05) is 13.2 Å². The molecule has 1 aliphatic heterocycles. The van der Waals surface area contributed by atoms with Crippen molar-refractivity contribution in [1.29, 1.82) is 0 Å². The monoisotopic (exact) mass is 488 g/mol. The van der Waals surface area contributed by atoms with E-state index in [1.807, 2.05) is 6.08 Å². The van der Waals surface area contributed by atoms with E-state index in [-0.39, 0.29) is 41.4 Å². The number of benzene rings is 2. The van der Waals surface area contributed by atoms with Gasteiger partial charge >= 0.3 is 0 Å². The lowest BCUT2D eigenvalue weighted by molar-refractivity contribution is 0.121. The number of rotatable bonds is 6. The summed E-state index contributed by atoms with van der Waals surface area (Å²) < 4.78 is 71.1. The first-order valence-electron chi connectivity index (χ1n) is 12.9. The molecule has 1 atom stereocenters. The molecule has 1 saturated carbocycles. The second-order valence-corrected chi connectivity index (χ2v) is 10.1. The molecule has 0 spiro atoms. The summed E-state index contributed by atoms with van der Waals surface area (Å²) in [5.41, 5.74) is 0.715. The first-order valence-corrected chi connectivity index (χ1v) is 12.9. The molecule has 2 aliphatic carbocycles. The van der Waals surface area contributed by atoms with Crippen LogP contribution in [0.3, 0.4) is 0 Å². The summed E-state index contributed by atoms with van der Waals surface area (Å²) >= 11 is 0. The molecular formula is C29H32F4O2. The lowest BCUT2D eigenvalue weighted by Crippen LogP contribution is -2.22. The molecule has 0 amide bonds. The predicted octanol–water partition coefficient (Wildman–Crippen LogP) is 8.21. The second kappa shape index (κ2) is 9.87. The van der Waals surface area contributed by atoms with Crippen LogP contribution in [0, 0.1) is 35.1 Å². The van der Waals surface area contributed by atoms with Crippen molar-refractivity contribution in [2.45, 2.75) is 71.1 Å². The average molecular weight is 489 g/mol. The van der Waals surface area contributed by atoms with Gasteiger partial charge in [-0.3, -0.25) is 0 Å². The van der Waals surface area contributed by atoms with E-state index in [1.54, 1.807) is 13.0 Å². The van der Waals surface area contributed by atoms with Gasteiger partial charge in [0.25, 0.3) is 0 Å². The molecule has 2 aromatic rings. The average Bonchev–Trinajstić information content (AvgIpc) is 3.24. The van der Waals surface area contributed by atoms with Crippen molar-refractivity contribution in [1.82, 2.24) is 0 Å². The molecule has 2 nitrogen and oxygen atoms in total. The Kier molecular flexibility index (Phi) is 6.82. The molecule has 5 rings (SSSR count). The minimum absolute atomic E-state index is 0.173. The molecule has 0 saturated heterocycles. The highest BCUT2D eigenvalue weighted by molar-refractivity contribution is 5.79. The number of ether oxygens (including phenoxy) is 2. The van der Waals surface area contributed by atoms with Crippen molar-refractivity contribution in [3.05, 3.63) is 63.9 Å². The first-order chi connectivity index (χ1) is 16.9. The van der Waals surface area contributed by atoms with Crippen LogP contribution < -0.4 is 4.74 Å². The number of halogens is 4. The molecule has 0 N–H and O–H groups in total. The van der Waals surface area contributed by atoms with Crippen LogP contribution in [0.15, 0.2) is 24.0 Å². The van der Waals surface area contributed by atoms with Gasteiger partial charge in [0.15, 0.2) is 23.2 Å². The number of fused-ring (bicyclic) bond motifs is 3. The zero-order valence-electron chi connectivity index (χ0n) is 20.4. The first kappa shape index (κ1) is 24.2. The molecule has 188 valence electrons. The summed E-state index contributed by atoms with van der Waals surface area (Å²) in [6.45, 7) is 4.36. The molecule has 0 aromatic heterocycles. The summed E-state index contributed by atoms with van der Waals surface area (Å²) in [5, 5.41) is 0. The number of hydrogen-bond donors (Lipinski definition) is 0. The van der Waals surface area contributed by atoms with Gasteiger partial charge in [-0.05, 0) is 80.2 Å². The lowest BCUT2D eigenvalue weighted by atomic mass is 9.78. The van der Waals surface area contributed by atoms with E-state index in [9.17, 15) is 8.78 Å². The van der Waals surface area contributed by atoms with Crippen molar-refractivity contribution in [3.63, 3.8) is 0 Å². The Morgan fingerprint density at radius 1 is 0.857 bits per heavy atom. The van der Waals surface area contributed by atoms with Crippen LogP contribution in [0.4, 0.5) is 17.6 Å². The fourth-order valence-electron chi connectivity index (χ4n) is 6.16. The highest BCUT2D eigenvalue weighted by Gasteiger charge is 2.35. The van der Waals surface area contributed by atoms with E-state index < -0.39 is 23.3 Å². The van der Waals surface area contributed by atoms with Crippen molar-refractivity contribution in [3.8, 4) is 16.9 Å². The third-order valence-electron chi connectivity index (χ3n) is 7.94. The summed E-state index contributed by atoms with van der Waals surface area (Å²) in [7, 11) is 0. The molecule has 1 heterocycles. The van der Waals surface area contributed by atoms with Gasteiger partial charge in [-0.2, -0.15) is 4.39 Å². The zero-order valence-corrected chi connectivity index (χ0v) is 20.4. The van der Waals surface area contributed by atoms with Gasteiger partial charge in [-0.15, -0.1) is 0 Å². The van der Waals surface area contributed by atoms with E-state index >= 15 is 8.78 Å². The van der Waals surface area contributed by atoms with Crippen LogP contribution >= 0.6 is 0 Å². The third-order valence-corrected chi connectivity index (χ3v) is 7.94. The zero-order chi connectivity index (χ0) is 24.7. The Hall–Kier alpha value is -2.50. The van der Waals surface area contributed by atoms with Crippen molar-refractivity contribution in [2.24, 2.45) is 11.8 Å². The minimum Gasteiger partial charge on any atom is -0.497 e. The second-order valence-electron chi connectivity index (χ2n) is 10.1. The van der Waals surface area contributed by atoms with E-state index in [2.05, 4.69) is 6.92 Å². The SMILES string of the molecule is CCCC1CCC(C2=CCC(c3cc4c(c(F)c3F)-c3c(cc(OCC)c(F)c3F)C4)CO2)CC1. The van der Waals surface area contributed by atoms with Gasteiger partial charge in [0.2, 0.25) is 5.82 Å². The van der Waals surface area contributed by atoms with E-state index in [0.29, 0.717) is 30.1 Å². The largest absolute Gasteiger partial charge is 0.497 e. The molecule has 3 aliphatic rings. The molecule has 6 heteroatoms. The van der Waals surface area contributed by atoms with Crippen LogP contribution in [0.5, 0.6) is 5.75 Å². The quantitative estimate of drug-likeness (QED) is 0.326. The molecular weight excluding hydrogens is 456 g/mol. The standard InChI is InChI=1S/C29H32F4O2/c1-3-5-16-6-8-17(9-7-16)22-11-10-18(15-35-22)21-13-19-12-20-14-23(34-4-2)27(31)29(33)25(20)24(19)28(32)26(21)30/h11,13-14,16-18H,3-10,12,15H2,1-2H3. The van der Waals surface area contributed by atoms with Crippen LogP contribution in [-0.2, 0) is 11.2 Å². The Morgan fingerprint density at radius 2 is 1.54 bits per heavy atom. The smallest absolute Gasteiger partial charge is 0.201 e. The summed E-state index contributed by atoms with van der Waals surface area (Å²) in [5.74, 6) is -2.81. The van der Waals surface area contributed by atoms with E-state index in [1.165, 1.54) is 31.7 Å². The summed E-state index contributed by atoms with van der Waals surface area (Å²) in [4.78, 5) is 0. The van der Waals surface area contributed by atoms with E-state index in [0.717, 1.165) is 24.5 Å². The van der Waals surface area contributed by atoms with Crippen molar-refractivity contribution < 1.29 is 27.0 Å². The fourth-order valence-corrected chi connectivity index (χ4v) is 6.16. The third kappa shape index (κ3) is 4.34. The fraction of sp³-hybridized carbons (Fsp3) is 0.517. The van der Waals surface area contributed by atoms with E-state index in [4.69, 9.17) is 9.47 Å². The molecule has 1 fully saturated rings. The van der Waals surface area contributed by atoms with Gasteiger partial charge in [0, 0.05) is 23.0 Å². The van der Waals surface area contributed by atoms with Crippen LogP contribution in [0.25, 0.3) is 11.1 Å². The molecule has 2 aromatic carbocycles. The lowest BCUT2D eigenvalue weighted by Gasteiger charge is -2.33. The van der Waals surface area contributed by atoms with Crippen LogP contribution in [0.1, 0.15) is 81.4 Å². The Morgan fingerprint density at radius 3 is 2.17 bits per heavy atom. The molecule has 35 heavy (non-hydrogen) atoms. The Balaban J connectivity index is 1.37. The maximum atomic E-state index is 15.3. The molecule has 1 unspecified atom stereocenters. The van der Waals surface area contributed by atoms with Gasteiger partial charge in [-0.1, -0.05) is 25.8 Å². The van der Waals surface area contributed by atoms with Crippen LogP contribution in [-0.4, -0.2) is 13.2 Å². The normalized spacial score (nSPS) is 23.4. The van der Waals surface area contributed by atoms with Gasteiger partial charge in [0.05, 0.1) is 19.0 Å². The van der Waals surface area contributed by atoms with Gasteiger partial charge in [0.1, 0.15) is 0 Å². The van der Waals surface area contributed by atoms with Gasteiger partial charge < -0.3 is 9.47 Å². The maximum Gasteiger partial charge on any atom is 0.201 e. The topological polar surface area (TPSA) is 18.5 Å². The Labute approximate surface area is 204 Å². The highest BCUT2D eigenvalue weighted by Crippen LogP contribution is 2.46. The molecule has 0 bridgehead atoms. The molecule has 0 radical (unpaired) electrons. The van der Waals surface area contributed by atoms with Crippen molar-refractivity contribution >= 4 is 0 Å².